The number of halogens is 1. The summed E-state index contributed by atoms with van der Waals surface area (Å²) in [6, 6.07) is 15.2. The van der Waals surface area contributed by atoms with Gasteiger partial charge in [0.15, 0.2) is 0 Å². The molecule has 0 radical (unpaired) electrons. The van der Waals surface area contributed by atoms with Crippen molar-refractivity contribution in [2.75, 3.05) is 26.7 Å². The molecule has 0 saturated carbocycles. The molecule has 1 fully saturated rings. The maximum Gasteiger partial charge on any atom is 0.308 e. The number of benzene rings is 2. The summed E-state index contributed by atoms with van der Waals surface area (Å²) < 4.78 is 20.7. The van der Waals surface area contributed by atoms with Crippen molar-refractivity contribution in [3.63, 3.8) is 0 Å². The van der Waals surface area contributed by atoms with Gasteiger partial charge in [-0.25, -0.2) is 4.39 Å². The molecule has 1 aliphatic rings. The van der Waals surface area contributed by atoms with Gasteiger partial charge in [0.2, 0.25) is 0 Å². The van der Waals surface area contributed by atoms with Crippen molar-refractivity contribution in [2.24, 2.45) is 11.8 Å². The predicted octanol–water partition coefficient (Wildman–Crippen LogP) is 5.42. The lowest BCUT2D eigenvalue weighted by Crippen LogP contribution is -2.44. The van der Waals surface area contributed by atoms with Gasteiger partial charge in [-0.3, -0.25) is 14.7 Å². The number of carbonyl (C=O) groups is 1. The number of rotatable bonds is 7. The van der Waals surface area contributed by atoms with Crippen LogP contribution in [-0.4, -0.2) is 47.7 Å². The Bertz CT molecular complexity index is 1230. The summed E-state index contributed by atoms with van der Waals surface area (Å²) in [4.78, 5) is 18.4. The number of alkyl halides is 1. The fraction of sp³-hybridized carbons (Fsp3) is 0.379. The van der Waals surface area contributed by atoms with Gasteiger partial charge in [0.05, 0.1) is 25.1 Å². The molecule has 0 bridgehead atoms. The van der Waals surface area contributed by atoms with E-state index in [1.807, 2.05) is 43.3 Å². The summed E-state index contributed by atoms with van der Waals surface area (Å²) in [5.74, 6) is 5.58. The second-order valence-electron chi connectivity index (χ2n) is 9.22. The van der Waals surface area contributed by atoms with Crippen LogP contribution in [0.15, 0.2) is 54.7 Å². The Kier molecular flexibility index (Phi) is 7.99. The molecule has 1 aromatic heterocycles. The standard InChI is InChI=1S/C29H31FN2O3/c1-20-5-7-21(8-6-20)4-3-16-32-17-14-22(26(19-32)29(33)34)9-11-27(30)24-13-15-31-28-12-10-23(35-2)18-25(24)28/h5-8,10,12-13,15,18,22,26-27H,9,11,14,16-17,19H2,1-2H3,(H,33,34)/t22-,26+,27+/m1/s1. The Morgan fingerprint density at radius 1 is 1.26 bits per heavy atom. The van der Waals surface area contributed by atoms with Crippen molar-refractivity contribution in [3.8, 4) is 17.6 Å². The van der Waals surface area contributed by atoms with E-state index in [2.05, 4.69) is 21.7 Å². The first-order valence-corrected chi connectivity index (χ1v) is 12.0. The van der Waals surface area contributed by atoms with Crippen LogP contribution in [0.5, 0.6) is 5.75 Å². The van der Waals surface area contributed by atoms with Crippen LogP contribution in [0.4, 0.5) is 4.39 Å². The van der Waals surface area contributed by atoms with Gasteiger partial charge in [0.1, 0.15) is 11.9 Å². The van der Waals surface area contributed by atoms with Crippen LogP contribution in [-0.2, 0) is 4.79 Å². The molecule has 3 aromatic rings. The van der Waals surface area contributed by atoms with Gasteiger partial charge < -0.3 is 9.84 Å². The van der Waals surface area contributed by atoms with Crippen LogP contribution in [0.25, 0.3) is 10.9 Å². The SMILES string of the molecule is COc1ccc2nccc([C@@H](F)CC[C@@H]3CCN(CC#Cc4ccc(C)cc4)C[C@@H]3C(=O)O)c2c1. The molecule has 0 spiro atoms. The number of pyridine rings is 1. The summed E-state index contributed by atoms with van der Waals surface area (Å²) in [6.45, 7) is 3.77. The number of methoxy groups -OCH3 is 1. The normalized spacial score (nSPS) is 19.1. The number of hydrogen-bond acceptors (Lipinski definition) is 4. The monoisotopic (exact) mass is 474 g/mol. The first kappa shape index (κ1) is 24.7. The van der Waals surface area contributed by atoms with Crippen molar-refractivity contribution in [3.05, 3.63) is 71.4 Å². The van der Waals surface area contributed by atoms with E-state index in [4.69, 9.17) is 4.74 Å². The predicted molar refractivity (Wildman–Crippen MR) is 135 cm³/mol. The smallest absolute Gasteiger partial charge is 0.308 e. The summed E-state index contributed by atoms with van der Waals surface area (Å²) >= 11 is 0. The topological polar surface area (TPSA) is 62.7 Å². The fourth-order valence-corrected chi connectivity index (χ4v) is 4.79. The van der Waals surface area contributed by atoms with Crippen LogP contribution in [0.2, 0.25) is 0 Å². The Morgan fingerprint density at radius 3 is 2.80 bits per heavy atom. The molecular weight excluding hydrogens is 443 g/mol. The number of piperidine rings is 1. The van der Waals surface area contributed by atoms with Gasteiger partial charge in [-0.15, -0.1) is 0 Å². The van der Waals surface area contributed by atoms with Crippen molar-refractivity contribution >= 4 is 16.9 Å². The molecule has 3 atom stereocenters. The minimum atomic E-state index is -1.19. The van der Waals surface area contributed by atoms with Gasteiger partial charge in [0.25, 0.3) is 0 Å². The molecule has 1 saturated heterocycles. The van der Waals surface area contributed by atoms with E-state index in [1.54, 1.807) is 25.4 Å². The number of ether oxygens (including phenoxy) is 1. The van der Waals surface area contributed by atoms with Crippen LogP contribution < -0.4 is 4.74 Å². The molecule has 1 aliphatic heterocycles. The molecule has 5 nitrogen and oxygen atoms in total. The highest BCUT2D eigenvalue weighted by molar-refractivity contribution is 5.83. The minimum absolute atomic E-state index is 0.0605. The van der Waals surface area contributed by atoms with Gasteiger partial charge in [-0.05, 0) is 80.6 Å². The summed E-state index contributed by atoms with van der Waals surface area (Å²) in [5, 5.41) is 10.6. The highest BCUT2D eigenvalue weighted by Gasteiger charge is 2.34. The third-order valence-corrected chi connectivity index (χ3v) is 6.86. The average Bonchev–Trinajstić information content (AvgIpc) is 2.88. The Labute approximate surface area is 205 Å². The van der Waals surface area contributed by atoms with Gasteiger partial charge in [-0.1, -0.05) is 29.5 Å². The lowest BCUT2D eigenvalue weighted by Gasteiger charge is -2.35. The molecule has 0 aliphatic carbocycles. The van der Waals surface area contributed by atoms with Crippen molar-refractivity contribution < 1.29 is 19.0 Å². The van der Waals surface area contributed by atoms with Crippen LogP contribution in [0.1, 0.15) is 42.1 Å². The fourth-order valence-electron chi connectivity index (χ4n) is 4.79. The zero-order chi connectivity index (χ0) is 24.8. The third-order valence-electron chi connectivity index (χ3n) is 6.86. The Hall–Kier alpha value is -3.43. The molecule has 6 heteroatoms. The number of carboxylic acids is 1. The summed E-state index contributed by atoms with van der Waals surface area (Å²) in [5.41, 5.74) is 3.43. The van der Waals surface area contributed by atoms with Gasteiger partial charge >= 0.3 is 5.97 Å². The number of hydrogen-bond donors (Lipinski definition) is 1. The quantitative estimate of drug-likeness (QED) is 0.464. The Morgan fingerprint density at radius 2 is 2.06 bits per heavy atom. The molecule has 0 unspecified atom stereocenters. The number of aromatic nitrogens is 1. The zero-order valence-corrected chi connectivity index (χ0v) is 20.2. The molecule has 0 amide bonds. The van der Waals surface area contributed by atoms with Crippen LogP contribution in [0.3, 0.4) is 0 Å². The number of likely N-dealkylation sites (tertiary alicyclic amines) is 1. The number of carboxylic acid groups (broad SMARTS) is 1. The molecular formula is C29H31FN2O3. The lowest BCUT2D eigenvalue weighted by molar-refractivity contribution is -0.146. The van der Waals surface area contributed by atoms with E-state index >= 15 is 4.39 Å². The molecule has 182 valence electrons. The molecule has 1 N–H and O–H groups in total. The number of nitrogens with zero attached hydrogens (tertiary/aromatic N) is 2. The maximum atomic E-state index is 15.4. The second kappa shape index (κ2) is 11.3. The third kappa shape index (κ3) is 6.17. The average molecular weight is 475 g/mol. The van der Waals surface area contributed by atoms with Crippen molar-refractivity contribution in [2.45, 2.75) is 32.4 Å². The second-order valence-corrected chi connectivity index (χ2v) is 9.22. The van der Waals surface area contributed by atoms with E-state index in [-0.39, 0.29) is 12.3 Å². The van der Waals surface area contributed by atoms with Crippen molar-refractivity contribution in [1.82, 2.24) is 9.88 Å². The van der Waals surface area contributed by atoms with Crippen LogP contribution >= 0.6 is 0 Å². The van der Waals surface area contributed by atoms with E-state index in [9.17, 15) is 9.90 Å². The van der Waals surface area contributed by atoms with E-state index in [0.717, 1.165) is 29.4 Å². The van der Waals surface area contributed by atoms with Gasteiger partial charge in [0, 0.05) is 23.7 Å². The van der Waals surface area contributed by atoms with Gasteiger partial charge in [-0.2, -0.15) is 0 Å². The zero-order valence-electron chi connectivity index (χ0n) is 20.2. The first-order valence-electron chi connectivity index (χ1n) is 12.0. The molecule has 2 aromatic carbocycles. The number of aryl methyl sites for hydroxylation is 1. The van der Waals surface area contributed by atoms with E-state index in [0.29, 0.717) is 30.8 Å². The van der Waals surface area contributed by atoms with Crippen LogP contribution in [0, 0.1) is 30.6 Å². The largest absolute Gasteiger partial charge is 0.497 e. The van der Waals surface area contributed by atoms with E-state index < -0.39 is 18.1 Å². The lowest BCUT2D eigenvalue weighted by atomic mass is 9.81. The molecule has 2 heterocycles. The molecule has 4 rings (SSSR count). The number of fused-ring (bicyclic) bond motifs is 1. The summed E-state index contributed by atoms with van der Waals surface area (Å²) in [7, 11) is 1.58. The minimum Gasteiger partial charge on any atom is -0.497 e. The highest BCUT2D eigenvalue weighted by atomic mass is 19.1. The maximum absolute atomic E-state index is 15.4. The first-order chi connectivity index (χ1) is 16.9. The van der Waals surface area contributed by atoms with E-state index in [1.165, 1.54) is 5.56 Å². The number of aliphatic carboxylic acids is 1. The Balaban J connectivity index is 1.37. The summed E-state index contributed by atoms with van der Waals surface area (Å²) in [6.07, 6.45) is 1.95. The highest BCUT2D eigenvalue weighted by Crippen LogP contribution is 2.35. The van der Waals surface area contributed by atoms with Crippen molar-refractivity contribution in [1.29, 1.82) is 0 Å². The molecule has 35 heavy (non-hydrogen) atoms.